The summed E-state index contributed by atoms with van der Waals surface area (Å²) < 4.78 is 4.97. The fourth-order valence-corrected chi connectivity index (χ4v) is 1.23. The van der Waals surface area contributed by atoms with Crippen molar-refractivity contribution in [2.24, 2.45) is 0 Å². The third-order valence-electron chi connectivity index (χ3n) is 1.54. The first-order chi connectivity index (χ1) is 6.76. The topological polar surface area (TPSA) is 73.1 Å². The lowest BCUT2D eigenvalue weighted by atomic mass is 10.5. The van der Waals surface area contributed by atoms with E-state index in [-0.39, 0.29) is 5.95 Å². The van der Waals surface area contributed by atoms with E-state index in [0.29, 0.717) is 11.7 Å². The van der Waals surface area contributed by atoms with Crippen LogP contribution in [0, 0.1) is 0 Å². The summed E-state index contributed by atoms with van der Waals surface area (Å²) in [5.41, 5.74) is 5.49. The first kappa shape index (κ1) is 10.9. The highest BCUT2D eigenvalue weighted by Crippen LogP contribution is 2.13. The molecule has 78 valence electrons. The van der Waals surface area contributed by atoms with Crippen LogP contribution in [-0.4, -0.2) is 35.6 Å². The minimum atomic E-state index is 0.219. The molecule has 3 N–H and O–H groups in total. The van der Waals surface area contributed by atoms with E-state index in [9.17, 15) is 0 Å². The van der Waals surface area contributed by atoms with Gasteiger partial charge in [0.25, 0.3) is 0 Å². The lowest BCUT2D eigenvalue weighted by Crippen LogP contribution is -2.08. The standard InChI is InChI=1S/C8H14N4OS/c1-13-7-5-6(10-3-4-14-2)11-8(9)12-7/h5H,3-4H2,1-2H3,(H3,9,10,11,12). The van der Waals surface area contributed by atoms with Crippen LogP contribution in [-0.2, 0) is 0 Å². The Bertz CT molecular complexity index is 295. The molecule has 0 saturated carbocycles. The van der Waals surface area contributed by atoms with Gasteiger partial charge in [-0.1, -0.05) is 0 Å². The minimum Gasteiger partial charge on any atom is -0.481 e. The second kappa shape index (κ2) is 5.54. The Morgan fingerprint density at radius 3 is 3.00 bits per heavy atom. The summed E-state index contributed by atoms with van der Waals surface area (Å²) in [6.45, 7) is 0.848. The summed E-state index contributed by atoms with van der Waals surface area (Å²) in [6, 6.07) is 1.72. The number of nitrogens with one attached hydrogen (secondary N) is 1. The zero-order chi connectivity index (χ0) is 10.4. The highest BCUT2D eigenvalue weighted by Gasteiger charge is 2.00. The van der Waals surface area contributed by atoms with Crippen LogP contribution in [0.1, 0.15) is 0 Å². The maximum Gasteiger partial charge on any atom is 0.225 e. The SMILES string of the molecule is COc1cc(NCCSC)nc(N)n1. The molecule has 6 heteroatoms. The van der Waals surface area contributed by atoms with Crippen LogP contribution in [0.2, 0.25) is 0 Å². The number of methoxy groups -OCH3 is 1. The van der Waals surface area contributed by atoms with Crippen LogP contribution >= 0.6 is 11.8 Å². The first-order valence-corrected chi connectivity index (χ1v) is 5.57. The van der Waals surface area contributed by atoms with Crippen molar-refractivity contribution in [1.82, 2.24) is 9.97 Å². The number of nitrogens with two attached hydrogens (primary N) is 1. The van der Waals surface area contributed by atoms with Crippen molar-refractivity contribution in [2.75, 3.05) is 36.7 Å². The Labute approximate surface area is 87.5 Å². The summed E-state index contributed by atoms with van der Waals surface area (Å²) in [6.07, 6.45) is 2.05. The molecule has 1 aromatic heterocycles. The van der Waals surface area contributed by atoms with Gasteiger partial charge in [0.05, 0.1) is 7.11 Å². The number of anilines is 2. The van der Waals surface area contributed by atoms with E-state index in [4.69, 9.17) is 10.5 Å². The number of nitrogen functional groups attached to an aromatic ring is 1. The molecular weight excluding hydrogens is 200 g/mol. The van der Waals surface area contributed by atoms with Gasteiger partial charge in [0.1, 0.15) is 5.82 Å². The normalized spacial score (nSPS) is 9.86. The summed E-state index contributed by atoms with van der Waals surface area (Å²) in [5, 5.41) is 3.13. The summed E-state index contributed by atoms with van der Waals surface area (Å²) >= 11 is 1.77. The Kier molecular flexibility index (Phi) is 4.31. The molecule has 0 aliphatic carbocycles. The van der Waals surface area contributed by atoms with Gasteiger partial charge in [0, 0.05) is 18.4 Å². The largest absolute Gasteiger partial charge is 0.481 e. The molecule has 1 rings (SSSR count). The van der Waals surface area contributed by atoms with Crippen molar-refractivity contribution in [2.45, 2.75) is 0 Å². The number of hydrogen-bond donors (Lipinski definition) is 2. The van der Waals surface area contributed by atoms with Gasteiger partial charge in [-0.2, -0.15) is 21.7 Å². The van der Waals surface area contributed by atoms with E-state index in [0.717, 1.165) is 12.3 Å². The molecule has 0 bridgehead atoms. The summed E-state index contributed by atoms with van der Waals surface area (Å²) in [4.78, 5) is 7.90. The molecular formula is C8H14N4OS. The van der Waals surface area contributed by atoms with E-state index in [1.165, 1.54) is 0 Å². The molecule has 0 aliphatic rings. The highest BCUT2D eigenvalue weighted by atomic mass is 32.2. The zero-order valence-electron chi connectivity index (χ0n) is 8.28. The quantitative estimate of drug-likeness (QED) is 0.708. The van der Waals surface area contributed by atoms with E-state index < -0.39 is 0 Å². The fourth-order valence-electron chi connectivity index (χ4n) is 0.919. The maximum atomic E-state index is 5.49. The van der Waals surface area contributed by atoms with Gasteiger partial charge in [-0.15, -0.1) is 0 Å². The second-order valence-electron chi connectivity index (χ2n) is 2.57. The number of rotatable bonds is 5. The molecule has 1 heterocycles. The van der Waals surface area contributed by atoms with Gasteiger partial charge < -0.3 is 15.8 Å². The minimum absolute atomic E-state index is 0.219. The molecule has 0 unspecified atom stereocenters. The molecule has 0 atom stereocenters. The third-order valence-corrected chi connectivity index (χ3v) is 2.15. The second-order valence-corrected chi connectivity index (χ2v) is 3.56. The average molecular weight is 214 g/mol. The van der Waals surface area contributed by atoms with Crippen molar-refractivity contribution in [3.63, 3.8) is 0 Å². The molecule has 0 aromatic carbocycles. The van der Waals surface area contributed by atoms with E-state index in [2.05, 4.69) is 21.5 Å². The van der Waals surface area contributed by atoms with Crippen molar-refractivity contribution in [1.29, 1.82) is 0 Å². The third kappa shape index (κ3) is 3.29. The van der Waals surface area contributed by atoms with Gasteiger partial charge in [-0.25, -0.2) is 0 Å². The smallest absolute Gasteiger partial charge is 0.225 e. The Morgan fingerprint density at radius 2 is 2.36 bits per heavy atom. The van der Waals surface area contributed by atoms with Gasteiger partial charge in [0.15, 0.2) is 0 Å². The van der Waals surface area contributed by atoms with E-state index in [1.54, 1.807) is 24.9 Å². The average Bonchev–Trinajstić information content (AvgIpc) is 2.17. The number of hydrogen-bond acceptors (Lipinski definition) is 6. The first-order valence-electron chi connectivity index (χ1n) is 4.17. The lowest BCUT2D eigenvalue weighted by Gasteiger charge is -2.06. The van der Waals surface area contributed by atoms with Gasteiger partial charge in [-0.05, 0) is 6.26 Å². The van der Waals surface area contributed by atoms with E-state index in [1.807, 2.05) is 0 Å². The van der Waals surface area contributed by atoms with Crippen LogP contribution in [0.5, 0.6) is 5.88 Å². The number of nitrogens with zero attached hydrogens (tertiary/aromatic N) is 2. The predicted octanol–water partition coefficient (Wildman–Crippen LogP) is 0.842. The van der Waals surface area contributed by atoms with Crippen LogP contribution in [0.15, 0.2) is 6.07 Å². The lowest BCUT2D eigenvalue weighted by molar-refractivity contribution is 0.398. The van der Waals surface area contributed by atoms with Crippen LogP contribution in [0.4, 0.5) is 11.8 Å². The van der Waals surface area contributed by atoms with Gasteiger partial charge in [0.2, 0.25) is 11.8 Å². The summed E-state index contributed by atoms with van der Waals surface area (Å²) in [7, 11) is 1.55. The number of thioether (sulfide) groups is 1. The monoisotopic (exact) mass is 214 g/mol. The predicted molar refractivity (Wildman–Crippen MR) is 59.9 cm³/mol. The molecule has 14 heavy (non-hydrogen) atoms. The Balaban J connectivity index is 2.62. The van der Waals surface area contributed by atoms with Crippen LogP contribution < -0.4 is 15.8 Å². The zero-order valence-corrected chi connectivity index (χ0v) is 9.10. The highest BCUT2D eigenvalue weighted by molar-refractivity contribution is 7.98. The Hall–Kier alpha value is -1.17. The van der Waals surface area contributed by atoms with E-state index >= 15 is 0 Å². The van der Waals surface area contributed by atoms with Crippen LogP contribution in [0.3, 0.4) is 0 Å². The molecule has 0 aliphatic heterocycles. The fraction of sp³-hybridized carbons (Fsp3) is 0.500. The van der Waals surface area contributed by atoms with Crippen molar-refractivity contribution < 1.29 is 4.74 Å². The van der Waals surface area contributed by atoms with Crippen molar-refractivity contribution in [3.8, 4) is 5.88 Å². The molecule has 0 amide bonds. The van der Waals surface area contributed by atoms with Gasteiger partial charge in [-0.3, -0.25) is 0 Å². The van der Waals surface area contributed by atoms with Crippen molar-refractivity contribution >= 4 is 23.5 Å². The Morgan fingerprint density at radius 1 is 1.57 bits per heavy atom. The molecule has 0 fully saturated rings. The molecule has 5 nitrogen and oxygen atoms in total. The van der Waals surface area contributed by atoms with Gasteiger partial charge >= 0.3 is 0 Å². The maximum absolute atomic E-state index is 5.49. The van der Waals surface area contributed by atoms with Crippen LogP contribution in [0.25, 0.3) is 0 Å². The molecule has 0 spiro atoms. The molecule has 1 aromatic rings. The molecule has 0 saturated heterocycles. The summed E-state index contributed by atoms with van der Waals surface area (Å²) in [5.74, 6) is 2.41. The van der Waals surface area contributed by atoms with Crippen molar-refractivity contribution in [3.05, 3.63) is 6.07 Å². The number of ether oxygens (including phenoxy) is 1. The molecule has 0 radical (unpaired) electrons. The number of aromatic nitrogens is 2.